The van der Waals surface area contributed by atoms with Crippen molar-refractivity contribution in [3.63, 3.8) is 0 Å². The quantitative estimate of drug-likeness (QED) is 0.661. The third-order valence-electron chi connectivity index (χ3n) is 4.26. The number of aliphatic hydroxyl groups is 1. The van der Waals surface area contributed by atoms with Crippen LogP contribution in [-0.2, 0) is 5.72 Å². The van der Waals surface area contributed by atoms with E-state index >= 15 is 0 Å². The Kier molecular flexibility index (Phi) is 3.11. The molecular formula is C18H11ClF3NO. The van der Waals surface area contributed by atoms with Gasteiger partial charge in [-0.25, -0.2) is 0 Å². The summed E-state index contributed by atoms with van der Waals surface area (Å²) in [5, 5.41) is 11.2. The lowest BCUT2D eigenvalue weighted by Crippen LogP contribution is -2.44. The maximum absolute atomic E-state index is 13.7. The summed E-state index contributed by atoms with van der Waals surface area (Å²) < 4.78 is 41.9. The lowest BCUT2D eigenvalue weighted by atomic mass is 10.0. The average Bonchev–Trinajstić information content (AvgIpc) is 3.04. The van der Waals surface area contributed by atoms with E-state index in [1.807, 2.05) is 0 Å². The van der Waals surface area contributed by atoms with Crippen LogP contribution in [-0.4, -0.2) is 15.8 Å². The van der Waals surface area contributed by atoms with Crippen molar-refractivity contribution in [3.8, 4) is 0 Å². The largest absolute Gasteiger partial charge is 0.441 e. The fourth-order valence-electron chi connectivity index (χ4n) is 3.17. The van der Waals surface area contributed by atoms with Gasteiger partial charge in [-0.3, -0.25) is 4.57 Å². The monoisotopic (exact) mass is 349 g/mol. The Hall–Kier alpha value is -2.24. The Balaban J connectivity index is 2.13. The molecule has 6 heteroatoms. The topological polar surface area (TPSA) is 25.2 Å². The highest BCUT2D eigenvalue weighted by Crippen LogP contribution is 2.51. The van der Waals surface area contributed by atoms with E-state index in [1.165, 1.54) is 6.07 Å². The van der Waals surface area contributed by atoms with Gasteiger partial charge in [0.25, 0.3) is 5.72 Å². The van der Waals surface area contributed by atoms with Gasteiger partial charge in [-0.1, -0.05) is 60.1 Å². The van der Waals surface area contributed by atoms with Crippen molar-refractivity contribution >= 4 is 28.1 Å². The average molecular weight is 350 g/mol. The Morgan fingerprint density at radius 3 is 2.25 bits per heavy atom. The molecule has 122 valence electrons. The smallest absolute Gasteiger partial charge is 0.360 e. The first kappa shape index (κ1) is 15.3. The summed E-state index contributed by atoms with van der Waals surface area (Å²) >= 11 is 6.38. The zero-order valence-electron chi connectivity index (χ0n) is 12.2. The molecule has 1 N–H and O–H groups in total. The zero-order chi connectivity index (χ0) is 17.1. The minimum atomic E-state index is -4.89. The number of hydrogen-bond donors (Lipinski definition) is 1. The minimum Gasteiger partial charge on any atom is -0.360 e. The van der Waals surface area contributed by atoms with Gasteiger partial charge in [0.1, 0.15) is 0 Å². The molecule has 0 spiro atoms. The van der Waals surface area contributed by atoms with Crippen molar-refractivity contribution < 1.29 is 18.3 Å². The lowest BCUT2D eigenvalue weighted by molar-refractivity contribution is -0.272. The maximum Gasteiger partial charge on any atom is 0.441 e. The Bertz CT molecular complexity index is 975. The van der Waals surface area contributed by atoms with E-state index in [-0.39, 0.29) is 21.8 Å². The zero-order valence-corrected chi connectivity index (χ0v) is 12.9. The summed E-state index contributed by atoms with van der Waals surface area (Å²) in [6.07, 6.45) is -4.06. The van der Waals surface area contributed by atoms with Gasteiger partial charge < -0.3 is 5.11 Å². The third-order valence-corrected chi connectivity index (χ3v) is 4.64. The molecule has 1 aliphatic rings. The van der Waals surface area contributed by atoms with E-state index in [2.05, 4.69) is 0 Å². The molecule has 0 aliphatic carbocycles. The maximum atomic E-state index is 13.7. The number of hydrogen-bond acceptors (Lipinski definition) is 1. The summed E-state index contributed by atoms with van der Waals surface area (Å²) in [6.45, 7) is 0. The van der Waals surface area contributed by atoms with Gasteiger partial charge in [0, 0.05) is 11.0 Å². The van der Waals surface area contributed by atoms with Crippen molar-refractivity contribution in [1.29, 1.82) is 0 Å². The summed E-state index contributed by atoms with van der Waals surface area (Å²) in [7, 11) is 0. The highest BCUT2D eigenvalue weighted by Gasteiger charge is 2.58. The van der Waals surface area contributed by atoms with Gasteiger partial charge in [-0.2, -0.15) is 13.2 Å². The van der Waals surface area contributed by atoms with Crippen molar-refractivity contribution in [2.24, 2.45) is 0 Å². The number of benzene rings is 2. The number of nitrogens with zero attached hydrogens (tertiary/aromatic N) is 1. The molecule has 3 aromatic rings. The number of halogens is 4. The minimum absolute atomic E-state index is 0.170. The highest BCUT2D eigenvalue weighted by atomic mass is 35.5. The number of alkyl halides is 3. The van der Waals surface area contributed by atoms with Crippen LogP contribution in [0, 0.1) is 0 Å². The Labute approximate surface area is 140 Å². The molecule has 0 radical (unpaired) electrons. The van der Waals surface area contributed by atoms with E-state index in [0.29, 0.717) is 10.9 Å². The standard InChI is InChI=1S/C18H11ClF3NO/c19-15-12-8-4-5-9-14(12)23-16(15)13(11-6-2-1-3-7-11)10-17(23,24)18(20,21)22/h1-10,24H. The van der Waals surface area contributed by atoms with Crippen LogP contribution in [0.3, 0.4) is 0 Å². The van der Waals surface area contributed by atoms with Gasteiger partial charge in [-0.15, -0.1) is 0 Å². The van der Waals surface area contributed by atoms with Crippen molar-refractivity contribution in [1.82, 2.24) is 4.57 Å². The third kappa shape index (κ3) is 1.88. The first-order valence-electron chi connectivity index (χ1n) is 7.22. The fourth-order valence-corrected chi connectivity index (χ4v) is 3.52. The summed E-state index contributed by atoms with van der Waals surface area (Å²) in [4.78, 5) is 0. The number of rotatable bonds is 1. The fraction of sp³-hybridized carbons (Fsp3) is 0.111. The second kappa shape index (κ2) is 4.88. The lowest BCUT2D eigenvalue weighted by Gasteiger charge is -2.27. The van der Waals surface area contributed by atoms with Gasteiger partial charge in [0.15, 0.2) is 0 Å². The molecule has 1 aromatic heterocycles. The van der Waals surface area contributed by atoms with E-state index in [0.717, 1.165) is 10.6 Å². The van der Waals surface area contributed by atoms with Gasteiger partial charge in [-0.05, 0) is 17.7 Å². The van der Waals surface area contributed by atoms with Crippen molar-refractivity contribution in [2.45, 2.75) is 11.9 Å². The van der Waals surface area contributed by atoms with E-state index in [4.69, 9.17) is 11.6 Å². The molecule has 4 rings (SSSR count). The SMILES string of the molecule is OC1(C(F)(F)F)C=C(c2ccccc2)c2c(Cl)c3ccccc3n21. The number of fused-ring (bicyclic) bond motifs is 3. The Morgan fingerprint density at radius 2 is 1.58 bits per heavy atom. The number of para-hydroxylation sites is 1. The van der Waals surface area contributed by atoms with Crippen LogP contribution < -0.4 is 0 Å². The first-order valence-corrected chi connectivity index (χ1v) is 7.59. The van der Waals surface area contributed by atoms with E-state index in [1.54, 1.807) is 48.5 Å². The first-order chi connectivity index (χ1) is 11.3. The molecule has 2 nitrogen and oxygen atoms in total. The van der Waals surface area contributed by atoms with Gasteiger partial charge >= 0.3 is 6.18 Å². The normalized spacial score (nSPS) is 20.3. The molecular weight excluding hydrogens is 339 g/mol. The predicted octanol–water partition coefficient (Wildman–Crippen LogP) is 4.95. The van der Waals surface area contributed by atoms with Crippen LogP contribution in [0.25, 0.3) is 16.5 Å². The van der Waals surface area contributed by atoms with Gasteiger partial charge in [0.2, 0.25) is 0 Å². The van der Waals surface area contributed by atoms with Crippen LogP contribution >= 0.6 is 11.6 Å². The molecule has 0 saturated heterocycles. The highest BCUT2D eigenvalue weighted by molar-refractivity contribution is 6.38. The van der Waals surface area contributed by atoms with Crippen LogP contribution in [0.1, 0.15) is 11.3 Å². The molecule has 0 bridgehead atoms. The van der Waals surface area contributed by atoms with Crippen LogP contribution in [0.5, 0.6) is 0 Å². The van der Waals surface area contributed by atoms with Crippen LogP contribution in [0.2, 0.25) is 5.02 Å². The Morgan fingerprint density at radius 1 is 0.958 bits per heavy atom. The predicted molar refractivity (Wildman–Crippen MR) is 86.7 cm³/mol. The van der Waals surface area contributed by atoms with E-state index < -0.39 is 11.9 Å². The summed E-state index contributed by atoms with van der Waals surface area (Å²) in [5.74, 6) is 0. The van der Waals surface area contributed by atoms with Crippen LogP contribution in [0.4, 0.5) is 13.2 Å². The molecule has 24 heavy (non-hydrogen) atoms. The molecule has 1 atom stereocenters. The molecule has 2 aromatic carbocycles. The summed E-state index contributed by atoms with van der Waals surface area (Å²) in [6, 6.07) is 15.1. The van der Waals surface area contributed by atoms with Crippen LogP contribution in [0.15, 0.2) is 60.7 Å². The molecule has 1 unspecified atom stereocenters. The van der Waals surface area contributed by atoms with E-state index in [9.17, 15) is 18.3 Å². The molecule has 1 aliphatic heterocycles. The van der Waals surface area contributed by atoms with Crippen molar-refractivity contribution in [3.05, 3.63) is 77.0 Å². The molecule has 0 amide bonds. The molecule has 0 saturated carbocycles. The second-order valence-corrected chi connectivity index (χ2v) is 6.04. The van der Waals surface area contributed by atoms with Gasteiger partial charge in [0.05, 0.1) is 16.2 Å². The molecule has 2 heterocycles. The van der Waals surface area contributed by atoms with Crippen molar-refractivity contribution in [2.75, 3.05) is 0 Å². The second-order valence-electron chi connectivity index (χ2n) is 5.66. The molecule has 0 fully saturated rings. The number of aromatic nitrogens is 1. The summed E-state index contributed by atoms with van der Waals surface area (Å²) in [5.41, 5.74) is -1.91.